The van der Waals surface area contributed by atoms with Crippen molar-refractivity contribution in [1.82, 2.24) is 10.2 Å². The lowest BCUT2D eigenvalue weighted by Gasteiger charge is -2.26. The van der Waals surface area contributed by atoms with Crippen LogP contribution >= 0.6 is 11.8 Å². The fourth-order valence-corrected chi connectivity index (χ4v) is 2.82. The smallest absolute Gasteiger partial charge is 0.281 e. The molecule has 2 aromatic rings. The van der Waals surface area contributed by atoms with E-state index in [1.807, 2.05) is 11.8 Å². The van der Waals surface area contributed by atoms with E-state index in [-0.39, 0.29) is 10.1 Å². The lowest BCUT2D eigenvalue weighted by molar-refractivity contribution is -0.298. The predicted octanol–water partition coefficient (Wildman–Crippen LogP) is 0.945. The Bertz CT molecular complexity index is 733. The molecular weight excluding hydrogens is 334 g/mol. The van der Waals surface area contributed by atoms with E-state index in [1.54, 1.807) is 12.1 Å². The van der Waals surface area contributed by atoms with E-state index in [2.05, 4.69) is 10.2 Å². The molecule has 0 unspecified atom stereocenters. The van der Waals surface area contributed by atoms with Crippen molar-refractivity contribution in [3.05, 3.63) is 28.7 Å². The Morgan fingerprint density at radius 3 is 2.79 bits per heavy atom. The summed E-state index contributed by atoms with van der Waals surface area (Å²) in [5, 5.41) is 19.1. The highest BCUT2D eigenvalue weighted by Crippen LogP contribution is 2.28. The Morgan fingerprint density at radius 1 is 1.33 bits per heavy atom. The number of rotatable bonds is 6. The third-order valence-electron chi connectivity index (χ3n) is 3.36. The van der Waals surface area contributed by atoms with Crippen LogP contribution in [0.4, 0.5) is 5.88 Å². The van der Waals surface area contributed by atoms with E-state index < -0.39 is 5.97 Å². The Hall–Kier alpha value is -2.26. The Labute approximate surface area is 142 Å². The molecule has 2 aromatic heterocycles. The van der Waals surface area contributed by atoms with Crippen molar-refractivity contribution in [2.24, 2.45) is 0 Å². The van der Waals surface area contributed by atoms with Crippen LogP contribution in [0.1, 0.15) is 18.6 Å². The summed E-state index contributed by atoms with van der Waals surface area (Å²) >= 11 is 0.838. The number of aryl methyl sites for hydroxylation is 1. The number of carbonyl (C=O) groups is 1. The molecule has 3 heterocycles. The highest BCUT2D eigenvalue weighted by atomic mass is 32.2. The zero-order valence-electron chi connectivity index (χ0n) is 13.1. The normalized spacial score (nSPS) is 15.7. The fraction of sp³-hybridized carbons (Fsp3) is 0.400. The number of morpholine rings is 1. The highest BCUT2D eigenvalue weighted by molar-refractivity contribution is 8.03. The number of aliphatic carboxylic acids is 1. The third kappa shape index (κ3) is 3.98. The van der Waals surface area contributed by atoms with Gasteiger partial charge in [0.2, 0.25) is 5.89 Å². The Balaban J connectivity index is 1.75. The monoisotopic (exact) mass is 350 g/mol. The van der Waals surface area contributed by atoms with Crippen LogP contribution < -0.4 is 10.0 Å². The number of carbonyl (C=O) groups excluding carboxylic acids is 1. The topological polar surface area (TPSA) is 105 Å². The molecule has 0 bridgehead atoms. The molecule has 3 rings (SSSR count). The first kappa shape index (κ1) is 16.6. The van der Waals surface area contributed by atoms with E-state index in [9.17, 15) is 9.90 Å². The molecule has 1 fully saturated rings. The summed E-state index contributed by atoms with van der Waals surface area (Å²) in [5.74, 6) is 0.208. The molecule has 128 valence electrons. The third-order valence-corrected chi connectivity index (χ3v) is 4.20. The summed E-state index contributed by atoms with van der Waals surface area (Å²) in [4.78, 5) is 13.3. The number of anilines is 1. The second kappa shape index (κ2) is 7.54. The number of furan rings is 1. The van der Waals surface area contributed by atoms with Gasteiger partial charge in [-0.3, -0.25) is 0 Å². The number of aromatic nitrogens is 2. The van der Waals surface area contributed by atoms with Crippen molar-refractivity contribution in [3.63, 3.8) is 0 Å². The maximum atomic E-state index is 11.3. The molecular formula is C15H16N3O5S-. The zero-order chi connectivity index (χ0) is 16.9. The standard InChI is InChI=1S/C15H17N3O5S/c1-2-12-16-17-15(23-12)24-11(14(19)20)9-10-3-4-13(22-10)18-5-7-21-8-6-18/h3-4,9H,2,5-8H2,1H3,(H,19,20)/p-1/b11-9+. The van der Waals surface area contributed by atoms with Gasteiger partial charge in [-0.05, 0) is 23.9 Å². The summed E-state index contributed by atoms with van der Waals surface area (Å²) in [6.07, 6.45) is 1.97. The van der Waals surface area contributed by atoms with Gasteiger partial charge < -0.3 is 28.4 Å². The highest BCUT2D eigenvalue weighted by Gasteiger charge is 2.15. The number of thioether (sulfide) groups is 1. The van der Waals surface area contributed by atoms with Crippen LogP contribution in [0.15, 0.2) is 31.1 Å². The number of ether oxygens (including phenoxy) is 1. The summed E-state index contributed by atoms with van der Waals surface area (Å²) in [6, 6.07) is 3.51. The van der Waals surface area contributed by atoms with Gasteiger partial charge in [0.05, 0.1) is 19.2 Å². The van der Waals surface area contributed by atoms with Crippen LogP contribution in [-0.2, 0) is 16.0 Å². The Kier molecular flexibility index (Phi) is 5.21. The van der Waals surface area contributed by atoms with Gasteiger partial charge in [-0.2, -0.15) is 0 Å². The van der Waals surface area contributed by atoms with Gasteiger partial charge in [0.1, 0.15) is 5.76 Å². The zero-order valence-corrected chi connectivity index (χ0v) is 13.9. The van der Waals surface area contributed by atoms with Crippen LogP contribution in [0.3, 0.4) is 0 Å². The molecule has 0 N–H and O–H groups in total. The summed E-state index contributed by atoms with van der Waals surface area (Å²) in [5.41, 5.74) is 0. The molecule has 0 atom stereocenters. The average Bonchev–Trinajstić information content (AvgIpc) is 3.24. The molecule has 0 aromatic carbocycles. The summed E-state index contributed by atoms with van der Waals surface area (Å²) in [6.45, 7) is 4.63. The fourth-order valence-electron chi connectivity index (χ4n) is 2.15. The van der Waals surface area contributed by atoms with Gasteiger partial charge in [0.25, 0.3) is 5.22 Å². The van der Waals surface area contributed by atoms with E-state index >= 15 is 0 Å². The second-order valence-corrected chi connectivity index (χ2v) is 5.98. The molecule has 0 aliphatic carbocycles. The van der Waals surface area contributed by atoms with Crippen molar-refractivity contribution < 1.29 is 23.5 Å². The molecule has 0 amide bonds. The minimum Gasteiger partial charge on any atom is -0.544 e. The van der Waals surface area contributed by atoms with Gasteiger partial charge in [0.15, 0.2) is 5.88 Å². The molecule has 9 heteroatoms. The van der Waals surface area contributed by atoms with E-state index in [1.165, 1.54) is 6.08 Å². The van der Waals surface area contributed by atoms with Gasteiger partial charge in [-0.1, -0.05) is 6.92 Å². The Morgan fingerprint density at radius 2 is 2.12 bits per heavy atom. The van der Waals surface area contributed by atoms with Gasteiger partial charge in [-0.15, -0.1) is 10.2 Å². The molecule has 0 saturated carbocycles. The summed E-state index contributed by atoms with van der Waals surface area (Å²) < 4.78 is 16.3. The number of carboxylic acid groups (broad SMARTS) is 1. The average molecular weight is 350 g/mol. The lowest BCUT2D eigenvalue weighted by Crippen LogP contribution is -2.35. The van der Waals surface area contributed by atoms with E-state index in [4.69, 9.17) is 13.6 Å². The first-order valence-electron chi connectivity index (χ1n) is 7.51. The first-order valence-corrected chi connectivity index (χ1v) is 8.33. The van der Waals surface area contributed by atoms with Crippen molar-refractivity contribution in [3.8, 4) is 0 Å². The lowest BCUT2D eigenvalue weighted by atomic mass is 10.4. The predicted molar refractivity (Wildman–Crippen MR) is 84.3 cm³/mol. The maximum absolute atomic E-state index is 11.3. The van der Waals surface area contributed by atoms with Crippen LogP contribution in [-0.4, -0.2) is 42.5 Å². The van der Waals surface area contributed by atoms with Crippen molar-refractivity contribution >= 4 is 29.7 Å². The largest absolute Gasteiger partial charge is 0.544 e. The molecule has 0 spiro atoms. The molecule has 24 heavy (non-hydrogen) atoms. The number of carboxylic acids is 1. The van der Waals surface area contributed by atoms with E-state index in [0.717, 1.165) is 24.9 Å². The molecule has 1 aliphatic rings. The quantitative estimate of drug-likeness (QED) is 0.556. The molecule has 1 aliphatic heterocycles. The van der Waals surface area contributed by atoms with Crippen LogP contribution in [0, 0.1) is 0 Å². The number of hydrogen-bond acceptors (Lipinski definition) is 9. The molecule has 8 nitrogen and oxygen atoms in total. The van der Waals surface area contributed by atoms with Crippen LogP contribution in [0.5, 0.6) is 0 Å². The number of nitrogens with zero attached hydrogens (tertiary/aromatic N) is 3. The molecule has 1 saturated heterocycles. The second-order valence-electron chi connectivity index (χ2n) is 4.99. The van der Waals surface area contributed by atoms with Gasteiger partial charge in [0, 0.05) is 30.5 Å². The number of hydrogen-bond donors (Lipinski definition) is 0. The van der Waals surface area contributed by atoms with Crippen LogP contribution in [0.25, 0.3) is 6.08 Å². The van der Waals surface area contributed by atoms with Crippen molar-refractivity contribution in [2.45, 2.75) is 18.6 Å². The first-order chi connectivity index (χ1) is 11.7. The van der Waals surface area contributed by atoms with E-state index in [0.29, 0.717) is 37.2 Å². The minimum atomic E-state index is -1.33. The van der Waals surface area contributed by atoms with Crippen molar-refractivity contribution in [1.29, 1.82) is 0 Å². The summed E-state index contributed by atoms with van der Waals surface area (Å²) in [7, 11) is 0. The van der Waals surface area contributed by atoms with Crippen molar-refractivity contribution in [2.75, 3.05) is 31.2 Å². The van der Waals surface area contributed by atoms with Gasteiger partial charge in [-0.25, -0.2) is 0 Å². The maximum Gasteiger partial charge on any atom is 0.281 e. The molecule has 0 radical (unpaired) electrons. The SMILES string of the molecule is CCc1nnc(S/C(=C/c2ccc(N3CCOCC3)o2)C(=O)[O-])o1. The van der Waals surface area contributed by atoms with Crippen LogP contribution in [0.2, 0.25) is 0 Å². The minimum absolute atomic E-state index is 0.0656. The van der Waals surface area contributed by atoms with Gasteiger partial charge >= 0.3 is 0 Å².